The molecule has 780 valence electrons. The number of para-hydroxylation sites is 2. The van der Waals surface area contributed by atoms with Gasteiger partial charge in [-0.15, -0.1) is 23.0 Å². The van der Waals surface area contributed by atoms with E-state index in [1.807, 2.05) is 139 Å². The Morgan fingerprint density at radius 1 is 0.544 bits per heavy atom. The van der Waals surface area contributed by atoms with Crippen LogP contribution in [-0.2, 0) is 4.74 Å². The molecule has 29 nitrogen and oxygen atoms in total. The number of aryl methyl sites for hydroxylation is 2. The van der Waals surface area contributed by atoms with E-state index in [1.165, 1.54) is 25.9 Å². The van der Waals surface area contributed by atoms with Crippen molar-refractivity contribution < 1.29 is 56.9 Å². The van der Waals surface area contributed by atoms with E-state index in [-0.39, 0.29) is 29.4 Å². The summed E-state index contributed by atoms with van der Waals surface area (Å²) in [6, 6.07) is 51.0. The number of terminal acetylenes is 2. The number of aromatic hydroxyl groups is 1. The number of nitrogens with zero attached hydrogens (tertiary/aromatic N) is 14. The third kappa shape index (κ3) is 28.3. The number of nitrogens with two attached hydrogens (primary N) is 1. The monoisotopic (exact) mass is 2100 g/mol. The van der Waals surface area contributed by atoms with Gasteiger partial charge in [0.1, 0.15) is 64.3 Å². The third-order valence-electron chi connectivity index (χ3n) is 25.3. The molecular formula is C115H129Cl4FN18O11. The smallest absolute Gasteiger partial charge is 0.169 e. The van der Waals surface area contributed by atoms with Crippen LogP contribution in [0, 0.1) is 44.4 Å². The number of likely N-dealkylation sites (tertiary alicyclic amines) is 1. The fourth-order valence-corrected chi connectivity index (χ4v) is 18.7. The molecule has 0 unspecified atom stereocenters. The van der Waals surface area contributed by atoms with E-state index in [4.69, 9.17) is 117 Å². The van der Waals surface area contributed by atoms with Crippen molar-refractivity contribution >= 4 is 136 Å². The van der Waals surface area contributed by atoms with E-state index in [9.17, 15) is 9.50 Å². The van der Waals surface area contributed by atoms with Gasteiger partial charge in [0, 0.05) is 140 Å². The minimum Gasteiger partial charge on any atom is -0.507 e. The maximum absolute atomic E-state index is 13.5. The molecule has 0 bridgehead atoms. The van der Waals surface area contributed by atoms with Crippen LogP contribution in [0.5, 0.6) is 63.2 Å². The van der Waals surface area contributed by atoms with Crippen LogP contribution in [0.15, 0.2) is 189 Å². The minimum atomic E-state index is -0.377. The first-order valence-corrected chi connectivity index (χ1v) is 51.1. The number of halogens is 5. The summed E-state index contributed by atoms with van der Waals surface area (Å²) in [7, 11) is 7.88. The van der Waals surface area contributed by atoms with Gasteiger partial charge in [0.25, 0.3) is 0 Å². The second-order valence-electron chi connectivity index (χ2n) is 38.2. The van der Waals surface area contributed by atoms with Gasteiger partial charge in [0.05, 0.1) is 159 Å². The summed E-state index contributed by atoms with van der Waals surface area (Å²) in [6.45, 7) is 36.6. The number of anilines is 8. The van der Waals surface area contributed by atoms with E-state index in [0.717, 1.165) is 157 Å². The average molecular weight is 2100 g/mol. The number of piperazine rings is 1. The minimum absolute atomic E-state index is 0.00994. The highest BCUT2D eigenvalue weighted by Gasteiger charge is 2.31. The van der Waals surface area contributed by atoms with Crippen LogP contribution in [0.2, 0.25) is 20.1 Å². The van der Waals surface area contributed by atoms with Crippen LogP contribution < -0.4 is 69.2 Å². The average Bonchev–Trinajstić information content (AvgIpc) is 1.58. The van der Waals surface area contributed by atoms with Gasteiger partial charge in [-0.1, -0.05) is 88.6 Å². The van der Waals surface area contributed by atoms with Crippen LogP contribution in [0.4, 0.5) is 50.2 Å². The first-order valence-electron chi connectivity index (χ1n) is 49.6. The molecule has 3 aliphatic heterocycles. The number of piperidine rings is 2. The predicted molar refractivity (Wildman–Crippen MR) is 597 cm³/mol. The Morgan fingerprint density at radius 3 is 1.68 bits per heavy atom. The van der Waals surface area contributed by atoms with E-state index < -0.39 is 0 Å². The number of hydrogen-bond donors (Lipinski definition) is 5. The summed E-state index contributed by atoms with van der Waals surface area (Å²) in [6.07, 6.45) is 23.6. The summed E-state index contributed by atoms with van der Waals surface area (Å²) in [4.78, 5) is 36.6. The molecule has 3 aliphatic rings. The molecule has 9 aromatic carbocycles. The number of benzene rings is 9. The van der Waals surface area contributed by atoms with Crippen molar-refractivity contribution in [3.8, 4) is 110 Å². The summed E-state index contributed by atoms with van der Waals surface area (Å²) >= 11 is 25.2. The lowest BCUT2D eigenvalue weighted by molar-refractivity contribution is -0.00478. The number of aromatic nitrogens is 10. The lowest BCUT2D eigenvalue weighted by Gasteiger charge is -2.36. The van der Waals surface area contributed by atoms with Crippen LogP contribution in [0.1, 0.15) is 137 Å². The normalized spacial score (nSPS) is 14.0. The summed E-state index contributed by atoms with van der Waals surface area (Å²) in [5.74, 6) is 12.6. The first kappa shape index (κ1) is 110. The zero-order chi connectivity index (χ0) is 106. The standard InChI is InChI=1S/C29H34Cl2N4O3.C26H29N5O.C22H20Cl2N2O3.C20H22FN3O2.C18H24N4O2/c1-6-20-18-32-24-16-28(38-13-7-8-34-9-11-35(12-10-34)19(2)3)27(37-5)14-21(24)29(20)33-25-17-26(36-4)23(31)15-22(25)30;1-18(2)30-15-7-8-21(16-30)31-26-24(19(3)27-17-28-26)25(29-31)20-11-13-23(14-12-20)32-22-9-5-4-6-10-22;1-6-13-11-25-17-9-21(29-12(2)3)20(28-5)7-14(17)22(13)26-18-10-19(27-4)16(24)8-15(18)23;1-12-8-13(6-7-15(12)21)24-19-14-9-18(26-20(2,3)4)17(25-5)10-16(14)22-11-23-19;1-12(2)24-13-7-9-22(10-8-13)16-11-15(20-21-18(16)19)14-5-3-4-6-17(14)23/h1,14-19H,7-13H2,2-5H3,(H,32,33);4-6,9-14,17-18,21H,7-8,15-16H2,1-3H3;1,7-12H,2-5H3,(H,25,26);6-11H,1-5H3,(H,22,23,24);3-6,11-13,23H,7-10H2,1-2H3,(H2,19,21)/t;21-;;;/m.1.../s1. The zero-order valence-corrected chi connectivity index (χ0v) is 90.4. The Morgan fingerprint density at radius 2 is 1.11 bits per heavy atom. The number of nitrogen functional groups attached to an aromatic ring is 1. The van der Waals surface area contributed by atoms with Gasteiger partial charge < -0.3 is 84.0 Å². The van der Waals surface area contributed by atoms with Gasteiger partial charge in [0.2, 0.25) is 0 Å². The molecule has 34 heteroatoms. The highest BCUT2D eigenvalue weighted by atomic mass is 35.5. The van der Waals surface area contributed by atoms with Crippen molar-refractivity contribution in [3.05, 3.63) is 237 Å². The van der Waals surface area contributed by atoms with Crippen LogP contribution in [-0.4, -0.2) is 207 Å². The van der Waals surface area contributed by atoms with Gasteiger partial charge >= 0.3 is 0 Å². The molecule has 149 heavy (non-hydrogen) atoms. The Hall–Kier alpha value is -14.2. The number of pyridine rings is 2. The van der Waals surface area contributed by atoms with Gasteiger partial charge in [-0.3, -0.25) is 19.8 Å². The second-order valence-corrected chi connectivity index (χ2v) is 39.8. The molecule has 0 radical (unpaired) electrons. The Kier molecular flexibility index (Phi) is 37.9. The van der Waals surface area contributed by atoms with Gasteiger partial charge in [-0.25, -0.2) is 29.0 Å². The molecule has 0 amide bonds. The summed E-state index contributed by atoms with van der Waals surface area (Å²) < 4.78 is 72.8. The number of methoxy groups -OCH3 is 5. The van der Waals surface area contributed by atoms with Gasteiger partial charge in [-0.05, 0) is 237 Å². The molecule has 0 saturated carbocycles. The van der Waals surface area contributed by atoms with E-state index in [0.29, 0.717) is 170 Å². The number of fused-ring (bicyclic) bond motifs is 4. The largest absolute Gasteiger partial charge is 0.507 e. The Bertz CT molecular complexity index is 7240. The van der Waals surface area contributed by atoms with Gasteiger partial charge in [0.15, 0.2) is 46.0 Å². The van der Waals surface area contributed by atoms with Crippen molar-refractivity contribution in [2.24, 2.45) is 0 Å². The summed E-state index contributed by atoms with van der Waals surface area (Å²) in [5, 5.41) is 38.3. The van der Waals surface area contributed by atoms with Crippen molar-refractivity contribution in [2.45, 2.75) is 164 Å². The molecule has 0 aliphatic carbocycles. The quantitative estimate of drug-likeness (QED) is 0.0215. The molecule has 9 heterocycles. The maximum atomic E-state index is 13.5. The molecule has 0 spiro atoms. The lowest BCUT2D eigenvalue weighted by atomic mass is 10.0. The topological polar surface area (TPSA) is 309 Å². The van der Waals surface area contributed by atoms with E-state index in [2.05, 4.69) is 146 Å². The number of phenols is 1. The van der Waals surface area contributed by atoms with Crippen molar-refractivity contribution in [1.29, 1.82) is 0 Å². The highest BCUT2D eigenvalue weighted by Crippen LogP contribution is 2.46. The molecule has 1 atom stereocenters. The van der Waals surface area contributed by atoms with Crippen molar-refractivity contribution in [3.63, 3.8) is 0 Å². The molecule has 15 aromatic rings. The number of phenolic OH excluding ortho intramolecular Hbond substituents is 1. The molecule has 6 N–H and O–H groups in total. The van der Waals surface area contributed by atoms with E-state index >= 15 is 0 Å². The Labute approximate surface area is 890 Å². The van der Waals surface area contributed by atoms with E-state index in [1.54, 1.807) is 103 Å². The zero-order valence-electron chi connectivity index (χ0n) is 87.4. The number of ether oxygens (including phenoxy) is 10. The lowest BCUT2D eigenvalue weighted by Crippen LogP contribution is -2.49. The van der Waals surface area contributed by atoms with Gasteiger partial charge in [-0.2, -0.15) is 5.10 Å². The number of rotatable bonds is 29. The number of hydrogen-bond acceptors (Lipinski definition) is 28. The van der Waals surface area contributed by atoms with Crippen LogP contribution in [0.3, 0.4) is 0 Å². The van der Waals surface area contributed by atoms with Crippen molar-refractivity contribution in [2.75, 3.05) is 128 Å². The molecular weight excluding hydrogens is 1970 g/mol. The fraction of sp³-hybridized carbons (Fsp3) is 0.348. The maximum Gasteiger partial charge on any atom is 0.169 e. The highest BCUT2D eigenvalue weighted by molar-refractivity contribution is 6.38. The molecule has 3 fully saturated rings. The van der Waals surface area contributed by atoms with Crippen LogP contribution >= 0.6 is 46.4 Å². The summed E-state index contributed by atoms with van der Waals surface area (Å²) in [5.41, 5.74) is 18.8. The molecule has 18 rings (SSSR count). The molecule has 3 saturated heterocycles. The molecule has 6 aromatic heterocycles. The van der Waals surface area contributed by atoms with Crippen molar-refractivity contribution in [1.82, 2.24) is 64.6 Å². The third-order valence-corrected chi connectivity index (χ3v) is 26.5. The second kappa shape index (κ2) is 51.2. The Balaban J connectivity index is 0.000000148. The predicted octanol–water partition coefficient (Wildman–Crippen LogP) is 25.6. The fourth-order valence-electron chi connectivity index (χ4n) is 17.7. The van der Waals surface area contributed by atoms with Crippen LogP contribution in [0.25, 0.3) is 66.3 Å². The first-order chi connectivity index (χ1) is 71.6. The number of nitrogens with one attached hydrogen (secondary N) is 3. The SMILES string of the molecule is C#Cc1cnc2cc(OC(C)C)c(OC)cc2c1Nc1cc(OC)c(Cl)cc1Cl.C#Cc1cnc2cc(OCCCN3CCN(C(C)C)CC3)c(OC)cc2c1Nc1cc(OC)c(Cl)cc1Cl.CC(C)OC1CCN(c2cc(-c3ccccc3O)nnc2N)CC1.COc1cc2ncnc(Nc3ccc(F)c(C)c3)c2cc1OC(C)(C)C.Cc1ncnc2c1c(-c1ccc(Oc3ccccc3)cc1)nn2[C@@H]1CCCN(C(C)C)C1.